The van der Waals surface area contributed by atoms with Crippen molar-refractivity contribution in [3.63, 3.8) is 0 Å². The van der Waals surface area contributed by atoms with Crippen molar-refractivity contribution in [2.75, 3.05) is 37.6 Å². The van der Waals surface area contributed by atoms with Crippen LogP contribution in [0, 0.1) is 11.2 Å². The number of benzene rings is 1. The zero-order valence-corrected chi connectivity index (χ0v) is 21.0. The molecular formula is C29H39FN2O3. The third-order valence-corrected chi connectivity index (χ3v) is 7.89. The molecule has 0 bridgehead atoms. The Bertz CT molecular complexity index is 934. The van der Waals surface area contributed by atoms with E-state index in [0.717, 1.165) is 89.8 Å². The number of ketones is 1. The van der Waals surface area contributed by atoms with E-state index in [1.165, 1.54) is 17.7 Å². The minimum Gasteiger partial charge on any atom is -0.462 e. The molecule has 0 amide bonds. The van der Waals surface area contributed by atoms with Gasteiger partial charge in [0.2, 0.25) is 0 Å². The Morgan fingerprint density at radius 1 is 1.14 bits per heavy atom. The van der Waals surface area contributed by atoms with Crippen molar-refractivity contribution in [3.05, 3.63) is 53.9 Å². The summed E-state index contributed by atoms with van der Waals surface area (Å²) in [5.41, 5.74) is 1.90. The topological polar surface area (TPSA) is 49.9 Å². The van der Waals surface area contributed by atoms with Gasteiger partial charge in [-0.1, -0.05) is 17.7 Å². The lowest BCUT2D eigenvalue weighted by atomic mass is 9.77. The molecule has 5 nitrogen and oxygen atoms in total. The Hall–Kier alpha value is -2.47. The van der Waals surface area contributed by atoms with Gasteiger partial charge in [0.15, 0.2) is 5.78 Å². The van der Waals surface area contributed by atoms with E-state index in [-0.39, 0.29) is 29.1 Å². The summed E-state index contributed by atoms with van der Waals surface area (Å²) in [6, 6.07) is 6.72. The van der Waals surface area contributed by atoms with Crippen LogP contribution in [0.5, 0.6) is 0 Å². The monoisotopic (exact) mass is 482 g/mol. The van der Waals surface area contributed by atoms with Gasteiger partial charge in [0, 0.05) is 51.3 Å². The van der Waals surface area contributed by atoms with Crippen LogP contribution in [0.25, 0.3) is 0 Å². The summed E-state index contributed by atoms with van der Waals surface area (Å²) in [7, 11) is 0. The van der Waals surface area contributed by atoms with E-state index in [9.17, 15) is 14.0 Å². The predicted octanol–water partition coefficient (Wildman–Crippen LogP) is 5.46. The lowest BCUT2D eigenvalue weighted by Gasteiger charge is -2.36. The second-order valence-corrected chi connectivity index (χ2v) is 10.3. The lowest BCUT2D eigenvalue weighted by molar-refractivity contribution is -0.149. The molecule has 1 aromatic carbocycles. The van der Waals surface area contributed by atoms with Gasteiger partial charge in [-0.3, -0.25) is 14.5 Å². The summed E-state index contributed by atoms with van der Waals surface area (Å²) < 4.78 is 19.1. The van der Waals surface area contributed by atoms with Crippen molar-refractivity contribution in [3.8, 4) is 0 Å². The summed E-state index contributed by atoms with van der Waals surface area (Å²) in [5, 5.41) is 0. The highest BCUT2D eigenvalue weighted by molar-refractivity contribution is 5.90. The van der Waals surface area contributed by atoms with Crippen LogP contribution in [0.2, 0.25) is 0 Å². The van der Waals surface area contributed by atoms with Gasteiger partial charge in [0.05, 0.1) is 5.41 Å². The van der Waals surface area contributed by atoms with Crippen LogP contribution in [-0.2, 0) is 14.3 Å². The smallest absolute Gasteiger partial charge is 0.312 e. The third-order valence-electron chi connectivity index (χ3n) is 7.89. The second-order valence-electron chi connectivity index (χ2n) is 10.3. The molecule has 4 rings (SSSR count). The predicted molar refractivity (Wildman–Crippen MR) is 137 cm³/mol. The molecule has 35 heavy (non-hydrogen) atoms. The zero-order valence-electron chi connectivity index (χ0n) is 21.0. The van der Waals surface area contributed by atoms with E-state index in [4.69, 9.17) is 4.74 Å². The van der Waals surface area contributed by atoms with E-state index in [1.54, 1.807) is 0 Å². The Labute approximate surface area is 209 Å². The molecule has 190 valence electrons. The quantitative estimate of drug-likeness (QED) is 0.280. The number of rotatable bonds is 8. The average molecular weight is 483 g/mol. The number of cyclic esters (lactones) is 1. The molecule has 1 saturated carbocycles. The lowest BCUT2D eigenvalue weighted by Crippen LogP contribution is -2.47. The van der Waals surface area contributed by atoms with Gasteiger partial charge in [0.1, 0.15) is 11.9 Å². The first kappa shape index (κ1) is 25.6. The van der Waals surface area contributed by atoms with E-state index in [0.29, 0.717) is 6.42 Å². The summed E-state index contributed by atoms with van der Waals surface area (Å²) in [6.45, 7) is 6.65. The number of anilines is 1. The number of ether oxygens (including phenoxy) is 1. The molecule has 3 fully saturated rings. The van der Waals surface area contributed by atoms with Crippen LogP contribution in [0.15, 0.2) is 48.1 Å². The van der Waals surface area contributed by atoms with Gasteiger partial charge in [-0.05, 0) is 82.2 Å². The van der Waals surface area contributed by atoms with Crippen molar-refractivity contribution in [1.29, 1.82) is 0 Å². The first-order chi connectivity index (χ1) is 17.0. The summed E-state index contributed by atoms with van der Waals surface area (Å²) in [6.07, 6.45) is 13.2. The number of hydrogen-bond acceptors (Lipinski definition) is 5. The Morgan fingerprint density at radius 2 is 1.91 bits per heavy atom. The van der Waals surface area contributed by atoms with Crippen LogP contribution in [0.4, 0.5) is 10.1 Å². The maximum atomic E-state index is 13.2. The maximum Gasteiger partial charge on any atom is 0.312 e. The molecule has 3 aliphatic rings. The van der Waals surface area contributed by atoms with Crippen molar-refractivity contribution in [2.45, 2.75) is 70.8 Å². The average Bonchev–Trinajstić information content (AvgIpc) is 3.02. The van der Waals surface area contributed by atoms with E-state index in [1.807, 2.05) is 37.3 Å². The van der Waals surface area contributed by atoms with Crippen LogP contribution < -0.4 is 4.90 Å². The third kappa shape index (κ3) is 6.81. The molecule has 2 aliphatic heterocycles. The fourth-order valence-electron chi connectivity index (χ4n) is 5.75. The number of halogens is 1. The fraction of sp³-hybridized carbons (Fsp3) is 0.586. The summed E-state index contributed by atoms with van der Waals surface area (Å²) >= 11 is 0. The van der Waals surface area contributed by atoms with Crippen molar-refractivity contribution in [2.24, 2.45) is 5.41 Å². The van der Waals surface area contributed by atoms with Gasteiger partial charge in [-0.15, -0.1) is 0 Å². The Morgan fingerprint density at radius 3 is 2.66 bits per heavy atom. The van der Waals surface area contributed by atoms with Crippen LogP contribution in [0.3, 0.4) is 0 Å². The molecule has 2 heterocycles. The highest BCUT2D eigenvalue weighted by Gasteiger charge is 2.48. The van der Waals surface area contributed by atoms with Crippen molar-refractivity contribution < 1.29 is 18.7 Å². The van der Waals surface area contributed by atoms with Gasteiger partial charge in [-0.25, -0.2) is 4.39 Å². The van der Waals surface area contributed by atoms with Gasteiger partial charge >= 0.3 is 5.97 Å². The Balaban J connectivity index is 1.22. The number of hydrogen-bond donors (Lipinski definition) is 0. The first-order valence-electron chi connectivity index (χ1n) is 13.2. The van der Waals surface area contributed by atoms with Crippen LogP contribution >= 0.6 is 0 Å². The minimum absolute atomic E-state index is 0.00868. The highest BCUT2D eigenvalue weighted by Crippen LogP contribution is 2.46. The van der Waals surface area contributed by atoms with Gasteiger partial charge in [-0.2, -0.15) is 0 Å². The number of carbonyl (C=O) groups excluding carboxylic acids is 2. The molecular weight excluding hydrogens is 443 g/mol. The molecule has 1 spiro atoms. The molecule has 1 aromatic rings. The van der Waals surface area contributed by atoms with E-state index >= 15 is 0 Å². The first-order valence-corrected chi connectivity index (χ1v) is 13.2. The molecule has 0 aromatic heterocycles. The fourth-order valence-corrected chi connectivity index (χ4v) is 5.75. The highest BCUT2D eigenvalue weighted by atomic mass is 19.1. The van der Waals surface area contributed by atoms with Gasteiger partial charge < -0.3 is 9.64 Å². The normalized spacial score (nSPS) is 27.0. The van der Waals surface area contributed by atoms with E-state index in [2.05, 4.69) is 9.80 Å². The van der Waals surface area contributed by atoms with Crippen LogP contribution in [-0.4, -0.2) is 55.5 Å². The summed E-state index contributed by atoms with van der Waals surface area (Å²) in [5.74, 6) is -0.0320. The number of esters is 1. The summed E-state index contributed by atoms with van der Waals surface area (Å²) in [4.78, 5) is 29.9. The maximum absolute atomic E-state index is 13.2. The molecule has 0 N–H and O–H groups in total. The van der Waals surface area contributed by atoms with Crippen molar-refractivity contribution in [1.82, 2.24) is 4.90 Å². The largest absolute Gasteiger partial charge is 0.462 e. The molecule has 1 unspecified atom stereocenters. The molecule has 0 radical (unpaired) electrons. The second kappa shape index (κ2) is 12.0. The standard InChI is InChI=1S/C29H39FN2O3/c1-2-3-4-7-26(33)21-23-6-5-14-29(15-12-23)22-27(35-28(29)34)13-16-31-17-19-32(20-18-31)25-10-8-24(30)9-11-25/h2-3,8-11,21,27H,4-7,12-20,22H2,1H3/b3-2+,23-21?/t27-,29?/m0/s1. The SMILES string of the molecule is C/C=C/CCC(=O)C=C1CCCC2(CC1)C[C@H](CCN1CCN(c3ccc(F)cc3)CC1)OC2=O. The molecule has 1 aliphatic carbocycles. The number of piperazine rings is 1. The van der Waals surface area contributed by atoms with E-state index < -0.39 is 0 Å². The Kier molecular flexibility index (Phi) is 8.77. The zero-order chi connectivity index (χ0) is 24.7. The minimum atomic E-state index is -0.366. The molecule has 2 atom stereocenters. The van der Waals surface area contributed by atoms with Gasteiger partial charge in [0.25, 0.3) is 0 Å². The molecule has 2 saturated heterocycles. The number of allylic oxidation sites excluding steroid dienone is 4. The number of nitrogens with zero attached hydrogens (tertiary/aromatic N) is 2. The van der Waals surface area contributed by atoms with Crippen molar-refractivity contribution >= 4 is 17.4 Å². The number of carbonyl (C=O) groups is 2. The molecule has 6 heteroatoms. The van der Waals surface area contributed by atoms with Crippen LogP contribution in [0.1, 0.15) is 64.7 Å².